The number of nitrogens with zero attached hydrogens (tertiary/aromatic N) is 4. The van der Waals surface area contributed by atoms with Gasteiger partial charge in [0.25, 0.3) is 0 Å². The molecule has 1 aromatic carbocycles. The number of amides is 1. The molecule has 0 aliphatic heterocycles. The lowest BCUT2D eigenvalue weighted by atomic mass is 10.2. The van der Waals surface area contributed by atoms with Crippen molar-refractivity contribution in [3.05, 3.63) is 41.7 Å². The minimum atomic E-state index is -0.552. The zero-order valence-electron chi connectivity index (χ0n) is 13.7. The second-order valence-corrected chi connectivity index (χ2v) is 5.64. The van der Waals surface area contributed by atoms with Crippen LogP contribution >= 0.6 is 0 Å². The van der Waals surface area contributed by atoms with Crippen LogP contribution in [-0.2, 0) is 6.54 Å². The average Bonchev–Trinajstić information content (AvgIpc) is 3.13. The van der Waals surface area contributed by atoms with Gasteiger partial charge in [0.1, 0.15) is 0 Å². The van der Waals surface area contributed by atoms with Gasteiger partial charge in [-0.05, 0) is 25.5 Å². The van der Waals surface area contributed by atoms with Crippen LogP contribution in [-0.4, -0.2) is 25.8 Å². The first-order valence-corrected chi connectivity index (χ1v) is 7.90. The number of hydrogen-bond acceptors (Lipinski definition) is 4. The number of nitrogens with one attached hydrogen (secondary N) is 1. The molecule has 0 saturated heterocycles. The Kier molecular flexibility index (Phi) is 4.41. The van der Waals surface area contributed by atoms with E-state index in [4.69, 9.17) is 0 Å². The van der Waals surface area contributed by atoms with Crippen molar-refractivity contribution in [2.45, 2.75) is 33.2 Å². The number of benzene rings is 1. The summed E-state index contributed by atoms with van der Waals surface area (Å²) in [5, 5.41) is 25.5. The lowest BCUT2D eigenvalue weighted by Gasteiger charge is -2.05. The molecule has 2 N–H and O–H groups in total. The highest BCUT2D eigenvalue weighted by molar-refractivity contribution is 5.96. The van der Waals surface area contributed by atoms with Crippen LogP contribution in [0.4, 0.5) is 5.69 Å². The molecule has 7 heteroatoms. The van der Waals surface area contributed by atoms with E-state index in [-0.39, 0.29) is 11.6 Å². The summed E-state index contributed by atoms with van der Waals surface area (Å²) < 4.78 is 1.80. The summed E-state index contributed by atoms with van der Waals surface area (Å²) in [5.74, 6) is -0.524. The molecule has 0 fully saturated rings. The van der Waals surface area contributed by atoms with Gasteiger partial charge in [0.05, 0.1) is 5.52 Å². The number of H-pyrrole nitrogens is 1. The van der Waals surface area contributed by atoms with Gasteiger partial charge in [-0.1, -0.05) is 31.5 Å². The van der Waals surface area contributed by atoms with Gasteiger partial charge in [-0.15, -0.1) is 10.2 Å². The molecular formula is C17H19N5O2. The van der Waals surface area contributed by atoms with E-state index >= 15 is 0 Å². The van der Waals surface area contributed by atoms with Gasteiger partial charge < -0.3 is 9.67 Å². The maximum Gasteiger partial charge on any atom is 0.315 e. The number of aromatic amines is 1. The summed E-state index contributed by atoms with van der Waals surface area (Å²) in [6, 6.07) is 9.15. The first kappa shape index (κ1) is 15.9. The third-order valence-corrected chi connectivity index (χ3v) is 3.82. The molecular weight excluding hydrogens is 306 g/mol. The Morgan fingerprint density at radius 3 is 2.88 bits per heavy atom. The van der Waals surface area contributed by atoms with Crippen LogP contribution in [0.15, 0.2) is 40.6 Å². The van der Waals surface area contributed by atoms with Crippen molar-refractivity contribution < 1.29 is 9.90 Å². The van der Waals surface area contributed by atoms with Crippen LogP contribution in [0, 0.1) is 6.92 Å². The van der Waals surface area contributed by atoms with Gasteiger partial charge in [0.15, 0.2) is 11.4 Å². The van der Waals surface area contributed by atoms with Crippen molar-refractivity contribution in [2.24, 2.45) is 10.2 Å². The number of carbonyl (C=O) groups is 1. The fourth-order valence-electron chi connectivity index (χ4n) is 2.59. The van der Waals surface area contributed by atoms with E-state index in [2.05, 4.69) is 27.3 Å². The zero-order valence-corrected chi connectivity index (χ0v) is 13.7. The molecule has 7 nitrogen and oxygen atoms in total. The minimum absolute atomic E-state index is 0.0272. The Bertz CT molecular complexity index is 907. The number of carbonyl (C=O) groups excluding carboxylic acids is 1. The largest absolute Gasteiger partial charge is 0.493 e. The Balaban J connectivity index is 1.98. The summed E-state index contributed by atoms with van der Waals surface area (Å²) in [6.45, 7) is 4.58. The number of hydrogen-bond donors (Lipinski definition) is 2. The number of aryl methyl sites for hydroxylation is 2. The van der Waals surface area contributed by atoms with Crippen LogP contribution < -0.4 is 0 Å². The SMILES string of the molecule is CCCCn1c(O)c(N=NC(=O)c2cc(C)[nH]n2)c2ccccc21. The molecule has 2 heterocycles. The van der Waals surface area contributed by atoms with Gasteiger partial charge in [0, 0.05) is 17.6 Å². The number of aromatic hydroxyl groups is 1. The molecule has 0 atom stereocenters. The zero-order chi connectivity index (χ0) is 17.1. The lowest BCUT2D eigenvalue weighted by molar-refractivity contribution is 0.0990. The molecule has 0 spiro atoms. The number of para-hydroxylation sites is 1. The first-order chi connectivity index (χ1) is 11.6. The molecule has 0 aliphatic rings. The second kappa shape index (κ2) is 6.66. The topological polar surface area (TPSA) is 95.6 Å². The van der Waals surface area contributed by atoms with Crippen LogP contribution in [0.3, 0.4) is 0 Å². The number of aromatic nitrogens is 3. The molecule has 1 amide bonds. The average molecular weight is 325 g/mol. The first-order valence-electron chi connectivity index (χ1n) is 7.90. The molecule has 0 saturated carbocycles. The van der Waals surface area contributed by atoms with Gasteiger partial charge in [0.2, 0.25) is 5.88 Å². The van der Waals surface area contributed by atoms with Crippen molar-refractivity contribution >= 4 is 22.5 Å². The smallest absolute Gasteiger partial charge is 0.315 e. The molecule has 3 rings (SSSR count). The van der Waals surface area contributed by atoms with Gasteiger partial charge in [-0.3, -0.25) is 9.89 Å². The van der Waals surface area contributed by atoms with Crippen LogP contribution in [0.2, 0.25) is 0 Å². The van der Waals surface area contributed by atoms with Gasteiger partial charge >= 0.3 is 5.91 Å². The monoisotopic (exact) mass is 325 g/mol. The van der Waals surface area contributed by atoms with Crippen molar-refractivity contribution in [1.82, 2.24) is 14.8 Å². The maximum atomic E-state index is 12.0. The molecule has 3 aromatic rings. The summed E-state index contributed by atoms with van der Waals surface area (Å²) in [6.07, 6.45) is 1.95. The Labute approximate surface area is 139 Å². The number of rotatable bonds is 5. The van der Waals surface area contributed by atoms with E-state index in [1.54, 1.807) is 17.6 Å². The summed E-state index contributed by atoms with van der Waals surface area (Å²) in [5.41, 5.74) is 2.15. The quantitative estimate of drug-likeness (QED) is 0.691. The fourth-order valence-corrected chi connectivity index (χ4v) is 2.59. The number of azo groups is 1. The molecule has 0 radical (unpaired) electrons. The molecule has 0 unspecified atom stereocenters. The fraction of sp³-hybridized carbons (Fsp3) is 0.294. The van der Waals surface area contributed by atoms with Crippen LogP contribution in [0.25, 0.3) is 10.9 Å². The predicted molar refractivity (Wildman–Crippen MR) is 90.7 cm³/mol. The third-order valence-electron chi connectivity index (χ3n) is 3.82. The van der Waals surface area contributed by atoms with E-state index in [1.165, 1.54) is 0 Å². The van der Waals surface area contributed by atoms with E-state index in [0.717, 1.165) is 29.4 Å². The minimum Gasteiger partial charge on any atom is -0.493 e. The number of unbranched alkanes of at least 4 members (excludes halogenated alkanes) is 1. The van der Waals surface area contributed by atoms with Crippen molar-refractivity contribution in [1.29, 1.82) is 0 Å². The Morgan fingerprint density at radius 1 is 1.38 bits per heavy atom. The standard InChI is InChI=1S/C17H19N5O2/c1-3-4-9-22-14-8-6-5-7-12(14)15(17(22)24)20-21-16(23)13-10-11(2)18-19-13/h5-8,10,24H,3-4,9H2,1-2H3,(H,18,19). The summed E-state index contributed by atoms with van der Waals surface area (Å²) in [7, 11) is 0. The molecule has 124 valence electrons. The molecule has 24 heavy (non-hydrogen) atoms. The van der Waals surface area contributed by atoms with Crippen LogP contribution in [0.1, 0.15) is 35.9 Å². The molecule has 2 aromatic heterocycles. The highest BCUT2D eigenvalue weighted by Crippen LogP contribution is 2.39. The Hall–Kier alpha value is -2.96. The second-order valence-electron chi connectivity index (χ2n) is 5.64. The number of fused-ring (bicyclic) bond motifs is 1. The van der Waals surface area contributed by atoms with Gasteiger partial charge in [-0.2, -0.15) is 5.10 Å². The van der Waals surface area contributed by atoms with E-state index in [0.29, 0.717) is 12.2 Å². The predicted octanol–water partition coefficient (Wildman–Crippen LogP) is 4.10. The van der Waals surface area contributed by atoms with Crippen LogP contribution in [0.5, 0.6) is 5.88 Å². The van der Waals surface area contributed by atoms with Crippen molar-refractivity contribution in [3.63, 3.8) is 0 Å². The normalized spacial score (nSPS) is 11.6. The Morgan fingerprint density at radius 2 is 2.17 bits per heavy atom. The van der Waals surface area contributed by atoms with E-state index in [9.17, 15) is 9.90 Å². The third kappa shape index (κ3) is 2.92. The van der Waals surface area contributed by atoms with E-state index in [1.807, 2.05) is 24.3 Å². The summed E-state index contributed by atoms with van der Waals surface area (Å²) >= 11 is 0. The molecule has 0 aliphatic carbocycles. The highest BCUT2D eigenvalue weighted by atomic mass is 16.3. The highest BCUT2D eigenvalue weighted by Gasteiger charge is 2.17. The lowest BCUT2D eigenvalue weighted by Crippen LogP contribution is -1.96. The van der Waals surface area contributed by atoms with Crippen molar-refractivity contribution in [3.8, 4) is 5.88 Å². The van der Waals surface area contributed by atoms with Crippen molar-refractivity contribution in [2.75, 3.05) is 0 Å². The summed E-state index contributed by atoms with van der Waals surface area (Å²) in [4.78, 5) is 12.0. The van der Waals surface area contributed by atoms with Gasteiger partial charge in [-0.25, -0.2) is 0 Å². The van der Waals surface area contributed by atoms with E-state index < -0.39 is 5.91 Å². The maximum absolute atomic E-state index is 12.0. The molecule has 0 bridgehead atoms.